The van der Waals surface area contributed by atoms with E-state index in [2.05, 4.69) is 0 Å². The predicted molar refractivity (Wildman–Crippen MR) is 104 cm³/mol. The highest BCUT2D eigenvalue weighted by molar-refractivity contribution is 5.99. The highest BCUT2D eigenvalue weighted by Crippen LogP contribution is 2.50. The topological polar surface area (TPSA) is 57.2 Å². The fraction of sp³-hybridized carbons (Fsp3) is 0.381. The molecule has 0 N–H and O–H groups in total. The molecule has 2 aromatic rings. The molecule has 0 fully saturated rings. The molecular formula is C21H25NO5. The molecule has 144 valence electrons. The zero-order chi connectivity index (χ0) is 19.6. The first kappa shape index (κ1) is 18.9. The summed E-state index contributed by atoms with van der Waals surface area (Å²) in [5.74, 6) is 2.46. The van der Waals surface area contributed by atoms with E-state index in [4.69, 9.17) is 18.9 Å². The van der Waals surface area contributed by atoms with Crippen molar-refractivity contribution >= 4 is 11.6 Å². The fourth-order valence-electron chi connectivity index (χ4n) is 3.65. The van der Waals surface area contributed by atoms with Crippen LogP contribution in [-0.2, 0) is 11.2 Å². The third-order valence-corrected chi connectivity index (χ3v) is 4.88. The number of carbonyl (C=O) groups excluding carboxylic acids is 1. The first-order valence-corrected chi connectivity index (χ1v) is 8.84. The molecule has 0 aliphatic carbocycles. The van der Waals surface area contributed by atoms with Crippen molar-refractivity contribution in [3.8, 4) is 34.1 Å². The van der Waals surface area contributed by atoms with Gasteiger partial charge in [-0.05, 0) is 36.6 Å². The summed E-state index contributed by atoms with van der Waals surface area (Å²) in [5, 5.41) is 0. The number of fused-ring (bicyclic) bond motifs is 3. The zero-order valence-electron chi connectivity index (χ0n) is 16.4. The van der Waals surface area contributed by atoms with Crippen molar-refractivity contribution in [3.05, 3.63) is 29.8 Å². The van der Waals surface area contributed by atoms with Crippen LogP contribution in [0.1, 0.15) is 18.9 Å². The number of nitrogens with zero attached hydrogens (tertiary/aromatic N) is 1. The van der Waals surface area contributed by atoms with E-state index in [1.165, 1.54) is 0 Å². The van der Waals surface area contributed by atoms with E-state index in [1.807, 2.05) is 24.3 Å². The number of amides is 1. The smallest absolute Gasteiger partial charge is 0.223 e. The van der Waals surface area contributed by atoms with Gasteiger partial charge in [0.05, 0.1) is 34.1 Å². The van der Waals surface area contributed by atoms with Gasteiger partial charge in [0.25, 0.3) is 0 Å². The second-order valence-electron chi connectivity index (χ2n) is 6.34. The number of methoxy groups -OCH3 is 4. The number of benzene rings is 2. The van der Waals surface area contributed by atoms with E-state index < -0.39 is 0 Å². The maximum atomic E-state index is 12.3. The van der Waals surface area contributed by atoms with Crippen LogP contribution in [-0.4, -0.2) is 40.9 Å². The van der Waals surface area contributed by atoms with Gasteiger partial charge in [-0.1, -0.05) is 0 Å². The van der Waals surface area contributed by atoms with Crippen molar-refractivity contribution in [1.29, 1.82) is 0 Å². The van der Waals surface area contributed by atoms with Gasteiger partial charge in [-0.25, -0.2) is 0 Å². The molecule has 1 aliphatic rings. The summed E-state index contributed by atoms with van der Waals surface area (Å²) in [7, 11) is 6.43. The Morgan fingerprint density at radius 2 is 1.70 bits per heavy atom. The zero-order valence-corrected chi connectivity index (χ0v) is 16.4. The summed E-state index contributed by atoms with van der Waals surface area (Å²) in [6, 6.07) is 7.73. The van der Waals surface area contributed by atoms with Gasteiger partial charge in [0.2, 0.25) is 11.7 Å². The van der Waals surface area contributed by atoms with E-state index >= 15 is 0 Å². The minimum absolute atomic E-state index is 0.00704. The van der Waals surface area contributed by atoms with Gasteiger partial charge in [0, 0.05) is 30.7 Å². The Balaban J connectivity index is 2.37. The molecule has 1 heterocycles. The van der Waals surface area contributed by atoms with Gasteiger partial charge < -0.3 is 23.8 Å². The predicted octanol–water partition coefficient (Wildman–Crippen LogP) is 3.69. The molecule has 6 heteroatoms. The average molecular weight is 371 g/mol. The maximum absolute atomic E-state index is 12.3. The Bertz CT molecular complexity index is 862. The van der Waals surface area contributed by atoms with E-state index in [0.29, 0.717) is 29.5 Å². The minimum atomic E-state index is -0.00704. The van der Waals surface area contributed by atoms with Gasteiger partial charge in [0.15, 0.2) is 11.5 Å². The molecule has 1 aliphatic heterocycles. The number of aryl methyl sites for hydroxylation is 1. The molecule has 27 heavy (non-hydrogen) atoms. The quantitative estimate of drug-likeness (QED) is 0.820. The molecule has 0 aromatic heterocycles. The van der Waals surface area contributed by atoms with E-state index in [1.54, 1.807) is 40.3 Å². The Kier molecular flexibility index (Phi) is 5.44. The second-order valence-corrected chi connectivity index (χ2v) is 6.34. The Morgan fingerprint density at radius 1 is 0.963 bits per heavy atom. The molecule has 0 atom stereocenters. The number of rotatable bonds is 4. The van der Waals surface area contributed by atoms with Gasteiger partial charge >= 0.3 is 0 Å². The third-order valence-electron chi connectivity index (χ3n) is 4.88. The SMILES string of the molecule is COc1ccc2c(c1)N(C(C)=O)CCCc1cc(OC)c(OC)c(OC)c1-2. The van der Waals surface area contributed by atoms with E-state index in [-0.39, 0.29) is 5.91 Å². The lowest BCUT2D eigenvalue weighted by molar-refractivity contribution is -0.116. The monoisotopic (exact) mass is 371 g/mol. The highest BCUT2D eigenvalue weighted by atomic mass is 16.5. The summed E-state index contributed by atoms with van der Waals surface area (Å²) in [6.07, 6.45) is 1.61. The fourth-order valence-corrected chi connectivity index (χ4v) is 3.65. The van der Waals surface area contributed by atoms with Gasteiger partial charge in [-0.3, -0.25) is 4.79 Å². The van der Waals surface area contributed by atoms with Crippen molar-refractivity contribution in [2.45, 2.75) is 19.8 Å². The molecule has 0 radical (unpaired) electrons. The summed E-state index contributed by atoms with van der Waals surface area (Å²) < 4.78 is 22.2. The first-order valence-electron chi connectivity index (χ1n) is 8.84. The maximum Gasteiger partial charge on any atom is 0.223 e. The number of carbonyl (C=O) groups is 1. The molecular weight excluding hydrogens is 346 g/mol. The van der Waals surface area contributed by atoms with Gasteiger partial charge in [-0.2, -0.15) is 0 Å². The van der Waals surface area contributed by atoms with Gasteiger partial charge in [-0.15, -0.1) is 0 Å². The highest BCUT2D eigenvalue weighted by Gasteiger charge is 2.28. The van der Waals surface area contributed by atoms with Crippen molar-refractivity contribution < 1.29 is 23.7 Å². The molecule has 0 bridgehead atoms. The average Bonchev–Trinajstić information content (AvgIpc) is 2.67. The normalized spacial score (nSPS) is 13.0. The Labute approximate surface area is 159 Å². The van der Waals surface area contributed by atoms with Crippen molar-refractivity contribution in [2.75, 3.05) is 39.9 Å². The largest absolute Gasteiger partial charge is 0.497 e. The Morgan fingerprint density at radius 3 is 2.30 bits per heavy atom. The van der Waals surface area contributed by atoms with Crippen molar-refractivity contribution in [3.63, 3.8) is 0 Å². The summed E-state index contributed by atoms with van der Waals surface area (Å²) in [5.41, 5.74) is 3.71. The number of hydrogen-bond acceptors (Lipinski definition) is 5. The second kappa shape index (κ2) is 7.78. The van der Waals surface area contributed by atoms with E-state index in [9.17, 15) is 4.79 Å². The van der Waals surface area contributed by atoms with E-state index in [0.717, 1.165) is 35.2 Å². The summed E-state index contributed by atoms with van der Waals surface area (Å²) >= 11 is 0. The molecule has 2 aromatic carbocycles. The first-order chi connectivity index (χ1) is 13.0. The number of anilines is 1. The number of hydrogen-bond donors (Lipinski definition) is 0. The summed E-state index contributed by atoms with van der Waals surface area (Å²) in [4.78, 5) is 14.1. The molecule has 6 nitrogen and oxygen atoms in total. The lowest BCUT2D eigenvalue weighted by Crippen LogP contribution is -2.31. The van der Waals surface area contributed by atoms with Crippen LogP contribution in [0, 0.1) is 0 Å². The van der Waals surface area contributed by atoms with Crippen LogP contribution < -0.4 is 23.8 Å². The van der Waals surface area contributed by atoms with Crippen molar-refractivity contribution in [1.82, 2.24) is 0 Å². The molecule has 0 saturated heterocycles. The Hall–Kier alpha value is -2.89. The molecule has 0 spiro atoms. The van der Waals surface area contributed by atoms with Crippen LogP contribution in [0.4, 0.5) is 5.69 Å². The van der Waals surface area contributed by atoms with Crippen LogP contribution in [0.5, 0.6) is 23.0 Å². The number of ether oxygens (including phenoxy) is 4. The lowest BCUT2D eigenvalue weighted by atomic mass is 9.91. The molecule has 1 amide bonds. The summed E-state index contributed by atoms with van der Waals surface area (Å²) in [6.45, 7) is 2.21. The standard InChI is InChI=1S/C21H25NO5/c1-13(23)22-10-6-7-14-11-18(25-3)20(26-4)21(27-5)19(14)16-9-8-15(24-2)12-17(16)22/h8-9,11-12H,6-7,10H2,1-5H3. The van der Waals surface area contributed by atoms with Crippen LogP contribution in [0.3, 0.4) is 0 Å². The van der Waals surface area contributed by atoms with Crippen molar-refractivity contribution in [2.24, 2.45) is 0 Å². The van der Waals surface area contributed by atoms with Crippen LogP contribution in [0.15, 0.2) is 24.3 Å². The van der Waals surface area contributed by atoms with Crippen LogP contribution >= 0.6 is 0 Å². The lowest BCUT2D eigenvalue weighted by Gasteiger charge is -2.29. The third kappa shape index (κ3) is 3.27. The van der Waals surface area contributed by atoms with Gasteiger partial charge in [0.1, 0.15) is 5.75 Å². The van der Waals surface area contributed by atoms with Crippen LogP contribution in [0.25, 0.3) is 11.1 Å². The molecule has 0 saturated carbocycles. The minimum Gasteiger partial charge on any atom is -0.497 e. The van der Waals surface area contributed by atoms with Crippen LogP contribution in [0.2, 0.25) is 0 Å². The molecule has 3 rings (SSSR count). The molecule has 0 unspecified atom stereocenters.